The largest absolute Gasteiger partial charge is 0.454 e. The number of nitrogen functional groups attached to an aromatic ring is 1. The van der Waals surface area contributed by atoms with Crippen LogP contribution in [-0.2, 0) is 0 Å². The number of nitrogens with two attached hydrogens (primary N) is 1. The molecule has 0 aliphatic carbocycles. The van der Waals surface area contributed by atoms with E-state index in [9.17, 15) is 14.0 Å². The van der Waals surface area contributed by atoms with E-state index in [0.29, 0.717) is 28.4 Å². The van der Waals surface area contributed by atoms with Gasteiger partial charge in [-0.1, -0.05) is 0 Å². The first-order valence-electron chi connectivity index (χ1n) is 9.29. The maximum absolute atomic E-state index is 13.8. The van der Waals surface area contributed by atoms with Gasteiger partial charge in [0.25, 0.3) is 0 Å². The molecule has 1 fully saturated rings. The lowest BCUT2D eigenvalue weighted by Crippen LogP contribution is -2.32. The van der Waals surface area contributed by atoms with Crippen molar-refractivity contribution in [3.8, 4) is 28.8 Å². The highest BCUT2D eigenvalue weighted by Crippen LogP contribution is 2.32. The molecule has 1 unspecified atom stereocenters. The SMILES string of the molecule is N#Cc1c(-c2ccc(Oc3ccc(F)cc3F)cc2)nn(C2CCCNC2)c1N. The highest BCUT2D eigenvalue weighted by molar-refractivity contribution is 5.73. The van der Waals surface area contributed by atoms with E-state index in [-0.39, 0.29) is 11.8 Å². The van der Waals surface area contributed by atoms with Crippen LogP contribution >= 0.6 is 0 Å². The molecule has 1 aliphatic rings. The Labute approximate surface area is 166 Å². The summed E-state index contributed by atoms with van der Waals surface area (Å²) in [5, 5.41) is 17.5. The normalized spacial score (nSPS) is 16.4. The Bertz CT molecular complexity index is 1070. The van der Waals surface area contributed by atoms with Gasteiger partial charge in [-0.05, 0) is 55.8 Å². The number of piperidine rings is 1. The lowest BCUT2D eigenvalue weighted by Gasteiger charge is -2.23. The van der Waals surface area contributed by atoms with Gasteiger partial charge in [0.2, 0.25) is 0 Å². The lowest BCUT2D eigenvalue weighted by atomic mass is 10.1. The van der Waals surface area contributed by atoms with E-state index in [4.69, 9.17) is 10.5 Å². The average molecular weight is 395 g/mol. The Kier molecular flexibility index (Phi) is 5.14. The first-order valence-corrected chi connectivity index (χ1v) is 9.29. The first-order chi connectivity index (χ1) is 14.1. The van der Waals surface area contributed by atoms with Crippen molar-refractivity contribution in [3.05, 3.63) is 59.7 Å². The summed E-state index contributed by atoms with van der Waals surface area (Å²) >= 11 is 0. The van der Waals surface area contributed by atoms with Crippen LogP contribution in [0.4, 0.5) is 14.6 Å². The van der Waals surface area contributed by atoms with Crippen LogP contribution in [0.3, 0.4) is 0 Å². The number of anilines is 1. The molecule has 1 aromatic heterocycles. The quantitative estimate of drug-likeness (QED) is 0.697. The third kappa shape index (κ3) is 3.77. The number of hydrogen-bond donors (Lipinski definition) is 2. The minimum atomic E-state index is -0.784. The third-order valence-corrected chi connectivity index (χ3v) is 4.93. The molecular weight excluding hydrogens is 376 g/mol. The maximum Gasteiger partial charge on any atom is 0.168 e. The van der Waals surface area contributed by atoms with Crippen LogP contribution in [0.2, 0.25) is 0 Å². The summed E-state index contributed by atoms with van der Waals surface area (Å²) in [7, 11) is 0. The van der Waals surface area contributed by atoms with Crippen molar-refractivity contribution in [2.24, 2.45) is 0 Å². The maximum atomic E-state index is 13.8. The highest BCUT2D eigenvalue weighted by atomic mass is 19.1. The Morgan fingerprint density at radius 1 is 1.21 bits per heavy atom. The van der Waals surface area contributed by atoms with E-state index in [1.54, 1.807) is 28.9 Å². The summed E-state index contributed by atoms with van der Waals surface area (Å²) in [6, 6.07) is 12.1. The Balaban J connectivity index is 1.61. The second kappa shape index (κ2) is 7.89. The molecular formula is C21H19F2N5O. The Morgan fingerprint density at radius 2 is 2.00 bits per heavy atom. The fourth-order valence-electron chi connectivity index (χ4n) is 3.45. The van der Waals surface area contributed by atoms with Gasteiger partial charge in [0, 0.05) is 18.2 Å². The topological polar surface area (TPSA) is 88.9 Å². The summed E-state index contributed by atoms with van der Waals surface area (Å²) in [6.07, 6.45) is 1.96. The van der Waals surface area contributed by atoms with Crippen LogP contribution in [0, 0.1) is 23.0 Å². The van der Waals surface area contributed by atoms with Gasteiger partial charge in [-0.25, -0.2) is 13.5 Å². The zero-order valence-corrected chi connectivity index (χ0v) is 15.5. The van der Waals surface area contributed by atoms with Crippen molar-refractivity contribution in [2.45, 2.75) is 18.9 Å². The van der Waals surface area contributed by atoms with E-state index in [0.717, 1.165) is 38.1 Å². The summed E-state index contributed by atoms with van der Waals surface area (Å²) in [6.45, 7) is 1.72. The molecule has 0 amide bonds. The molecule has 8 heteroatoms. The molecule has 2 aromatic carbocycles. The van der Waals surface area contributed by atoms with Gasteiger partial charge >= 0.3 is 0 Å². The molecule has 1 saturated heterocycles. The summed E-state index contributed by atoms with van der Waals surface area (Å²) in [5.41, 5.74) is 7.72. The molecule has 1 atom stereocenters. The Hall–Kier alpha value is -3.44. The molecule has 0 radical (unpaired) electrons. The number of nitrogens with one attached hydrogen (secondary N) is 1. The number of nitrogens with zero attached hydrogens (tertiary/aromatic N) is 3. The Morgan fingerprint density at radius 3 is 2.66 bits per heavy atom. The van der Waals surface area contributed by atoms with E-state index in [1.807, 2.05) is 0 Å². The van der Waals surface area contributed by atoms with Crippen molar-refractivity contribution in [3.63, 3.8) is 0 Å². The van der Waals surface area contributed by atoms with Gasteiger partial charge in [0.05, 0.1) is 6.04 Å². The molecule has 3 N–H and O–H groups in total. The molecule has 2 heterocycles. The number of benzene rings is 2. The van der Waals surface area contributed by atoms with Gasteiger partial charge in [-0.2, -0.15) is 10.4 Å². The molecule has 0 saturated carbocycles. The van der Waals surface area contributed by atoms with Gasteiger partial charge in [0.1, 0.15) is 34.7 Å². The van der Waals surface area contributed by atoms with Gasteiger partial charge in [0.15, 0.2) is 11.6 Å². The van der Waals surface area contributed by atoms with E-state index in [1.165, 1.54) is 6.07 Å². The first kappa shape index (κ1) is 18.9. The fraction of sp³-hybridized carbons (Fsp3) is 0.238. The summed E-state index contributed by atoms with van der Waals surface area (Å²) in [5.74, 6) is -0.800. The molecule has 1 aliphatic heterocycles. The second-order valence-corrected chi connectivity index (χ2v) is 6.87. The van der Waals surface area contributed by atoms with E-state index >= 15 is 0 Å². The molecule has 3 aromatic rings. The van der Waals surface area contributed by atoms with Crippen molar-refractivity contribution < 1.29 is 13.5 Å². The molecule has 4 rings (SSSR count). The van der Waals surface area contributed by atoms with Crippen LogP contribution < -0.4 is 15.8 Å². The molecule has 29 heavy (non-hydrogen) atoms. The lowest BCUT2D eigenvalue weighted by molar-refractivity contribution is 0.351. The van der Waals surface area contributed by atoms with E-state index in [2.05, 4.69) is 16.5 Å². The molecule has 0 spiro atoms. The van der Waals surface area contributed by atoms with Crippen LogP contribution in [-0.4, -0.2) is 22.9 Å². The van der Waals surface area contributed by atoms with Crippen LogP contribution in [0.1, 0.15) is 24.4 Å². The predicted molar refractivity (Wildman–Crippen MR) is 104 cm³/mol. The van der Waals surface area contributed by atoms with Crippen molar-refractivity contribution in [2.75, 3.05) is 18.8 Å². The number of rotatable bonds is 4. The van der Waals surface area contributed by atoms with Crippen LogP contribution in [0.5, 0.6) is 11.5 Å². The predicted octanol–water partition coefficient (Wildman–Crippen LogP) is 4.00. The smallest absolute Gasteiger partial charge is 0.168 e. The van der Waals surface area contributed by atoms with E-state index < -0.39 is 11.6 Å². The highest BCUT2D eigenvalue weighted by Gasteiger charge is 2.23. The van der Waals surface area contributed by atoms with Crippen LogP contribution in [0.15, 0.2) is 42.5 Å². The molecule has 148 valence electrons. The number of ether oxygens (including phenoxy) is 1. The minimum Gasteiger partial charge on any atom is -0.454 e. The fourth-order valence-corrected chi connectivity index (χ4v) is 3.45. The number of hydrogen-bond acceptors (Lipinski definition) is 5. The van der Waals surface area contributed by atoms with Gasteiger partial charge < -0.3 is 15.8 Å². The molecule has 0 bridgehead atoms. The van der Waals surface area contributed by atoms with Gasteiger partial charge in [-0.3, -0.25) is 0 Å². The minimum absolute atomic E-state index is 0.0739. The zero-order chi connectivity index (χ0) is 20.4. The summed E-state index contributed by atoms with van der Waals surface area (Å²) in [4.78, 5) is 0. The third-order valence-electron chi connectivity index (χ3n) is 4.93. The summed E-state index contributed by atoms with van der Waals surface area (Å²) < 4.78 is 34.0. The van der Waals surface area contributed by atoms with Gasteiger partial charge in [-0.15, -0.1) is 0 Å². The zero-order valence-electron chi connectivity index (χ0n) is 15.5. The standard InChI is InChI=1S/C21H19F2N5O/c22-14-5-8-19(18(23)10-14)29-16-6-3-13(4-7-16)20-17(11-24)21(25)28(27-20)15-2-1-9-26-12-15/h3-8,10,15,26H,1-2,9,12,25H2. The average Bonchev–Trinajstić information content (AvgIpc) is 3.07. The van der Waals surface area contributed by atoms with Crippen molar-refractivity contribution >= 4 is 5.82 Å². The number of halogens is 2. The monoisotopic (exact) mass is 395 g/mol. The number of aromatic nitrogens is 2. The molecule has 6 nitrogen and oxygen atoms in total. The van der Waals surface area contributed by atoms with Crippen LogP contribution in [0.25, 0.3) is 11.3 Å². The van der Waals surface area contributed by atoms with Crippen molar-refractivity contribution in [1.29, 1.82) is 5.26 Å². The van der Waals surface area contributed by atoms with Crippen molar-refractivity contribution in [1.82, 2.24) is 15.1 Å². The second-order valence-electron chi connectivity index (χ2n) is 6.87. The number of nitriles is 1.